The molecule has 1 heterocycles. The molecule has 0 aliphatic rings. The average molecular weight is 333 g/mol. The number of hydrogen-bond donors (Lipinski definition) is 1. The molecule has 4 nitrogen and oxygen atoms in total. The Morgan fingerprint density at radius 3 is 2.89 bits per heavy atom. The van der Waals surface area contributed by atoms with Crippen molar-refractivity contribution >= 4 is 39.2 Å². The molecule has 1 aromatic carbocycles. The number of aromatic nitrogens is 2. The summed E-state index contributed by atoms with van der Waals surface area (Å²) in [6, 6.07) is 4.39. The molecule has 0 bridgehead atoms. The van der Waals surface area contributed by atoms with Crippen molar-refractivity contribution in [3.63, 3.8) is 0 Å². The molecule has 1 N–H and O–H groups in total. The summed E-state index contributed by atoms with van der Waals surface area (Å²) in [5.41, 5.74) is 0.128. The van der Waals surface area contributed by atoms with Gasteiger partial charge in [-0.3, -0.25) is 0 Å². The largest absolute Gasteiger partial charge is 0.480 e. The van der Waals surface area contributed by atoms with Crippen LogP contribution in [0.25, 0.3) is 0 Å². The van der Waals surface area contributed by atoms with E-state index in [1.54, 1.807) is 6.07 Å². The second kappa shape index (κ2) is 5.49. The maximum absolute atomic E-state index is 13.6. The maximum Gasteiger partial charge on any atom is 0.232 e. The van der Waals surface area contributed by atoms with Crippen LogP contribution in [0.15, 0.2) is 28.9 Å². The Morgan fingerprint density at radius 1 is 1.44 bits per heavy atom. The lowest BCUT2D eigenvalue weighted by Crippen LogP contribution is -2.01. The van der Waals surface area contributed by atoms with E-state index in [4.69, 9.17) is 16.3 Å². The standard InChI is InChI=1S/C11H8BrClFN3O/c1-18-10-6(12)5-15-11(17-10)16-9-7(13)3-2-4-8(9)14/h2-5H,1H3,(H,15,16,17). The Bertz CT molecular complexity index is 562. The van der Waals surface area contributed by atoms with Gasteiger partial charge in [0.05, 0.1) is 28.5 Å². The van der Waals surface area contributed by atoms with E-state index < -0.39 is 5.82 Å². The molecule has 0 spiro atoms. The summed E-state index contributed by atoms with van der Waals surface area (Å²) in [5.74, 6) is 0.0648. The van der Waals surface area contributed by atoms with Crippen molar-refractivity contribution in [2.24, 2.45) is 0 Å². The molecule has 0 saturated heterocycles. The molecule has 18 heavy (non-hydrogen) atoms. The number of ether oxygens (including phenoxy) is 1. The molecule has 2 aromatic rings. The van der Waals surface area contributed by atoms with Gasteiger partial charge in [-0.2, -0.15) is 4.98 Å². The highest BCUT2D eigenvalue weighted by atomic mass is 79.9. The highest BCUT2D eigenvalue weighted by molar-refractivity contribution is 9.10. The van der Waals surface area contributed by atoms with Crippen molar-refractivity contribution in [3.8, 4) is 5.88 Å². The van der Waals surface area contributed by atoms with Gasteiger partial charge in [0.15, 0.2) is 0 Å². The third-order valence-corrected chi connectivity index (χ3v) is 2.96. The molecular weight excluding hydrogens is 324 g/mol. The summed E-state index contributed by atoms with van der Waals surface area (Å²) in [6.07, 6.45) is 1.50. The van der Waals surface area contributed by atoms with E-state index in [2.05, 4.69) is 31.2 Å². The molecule has 1 aromatic heterocycles. The average Bonchev–Trinajstić information content (AvgIpc) is 2.36. The van der Waals surface area contributed by atoms with Gasteiger partial charge in [-0.05, 0) is 28.1 Å². The lowest BCUT2D eigenvalue weighted by atomic mass is 10.3. The van der Waals surface area contributed by atoms with Crippen LogP contribution in [0.2, 0.25) is 5.02 Å². The molecule has 2 rings (SSSR count). The fourth-order valence-electron chi connectivity index (χ4n) is 1.28. The van der Waals surface area contributed by atoms with Crippen molar-refractivity contribution in [2.45, 2.75) is 0 Å². The number of hydrogen-bond acceptors (Lipinski definition) is 4. The molecule has 94 valence electrons. The first-order chi connectivity index (χ1) is 8.61. The second-order valence-corrected chi connectivity index (χ2v) is 4.53. The number of nitrogens with one attached hydrogen (secondary N) is 1. The van der Waals surface area contributed by atoms with Crippen LogP contribution in [0.1, 0.15) is 0 Å². The van der Waals surface area contributed by atoms with E-state index >= 15 is 0 Å². The van der Waals surface area contributed by atoms with E-state index in [0.29, 0.717) is 10.4 Å². The van der Waals surface area contributed by atoms with Gasteiger partial charge >= 0.3 is 0 Å². The summed E-state index contributed by atoms with van der Waals surface area (Å²) < 4.78 is 19.2. The van der Waals surface area contributed by atoms with E-state index in [1.807, 2.05) is 0 Å². The van der Waals surface area contributed by atoms with Crippen LogP contribution in [-0.4, -0.2) is 17.1 Å². The van der Waals surface area contributed by atoms with Gasteiger partial charge in [0.25, 0.3) is 0 Å². The second-order valence-electron chi connectivity index (χ2n) is 3.27. The lowest BCUT2D eigenvalue weighted by molar-refractivity contribution is 0.394. The van der Waals surface area contributed by atoms with E-state index in [0.717, 1.165) is 0 Å². The summed E-state index contributed by atoms with van der Waals surface area (Å²) in [5, 5.41) is 2.96. The van der Waals surface area contributed by atoms with Gasteiger partial charge in [0, 0.05) is 0 Å². The summed E-state index contributed by atoms with van der Waals surface area (Å²) in [4.78, 5) is 8.04. The monoisotopic (exact) mass is 331 g/mol. The molecule has 0 aliphatic heterocycles. The molecule has 0 saturated carbocycles. The van der Waals surface area contributed by atoms with Crippen LogP contribution < -0.4 is 10.1 Å². The smallest absolute Gasteiger partial charge is 0.232 e. The predicted octanol–water partition coefficient (Wildman–Crippen LogP) is 3.78. The topological polar surface area (TPSA) is 47.0 Å². The van der Waals surface area contributed by atoms with E-state index in [9.17, 15) is 4.39 Å². The summed E-state index contributed by atoms with van der Waals surface area (Å²) >= 11 is 9.11. The molecular formula is C11H8BrClFN3O. The van der Waals surface area contributed by atoms with Crippen molar-refractivity contribution in [2.75, 3.05) is 12.4 Å². The lowest BCUT2D eigenvalue weighted by Gasteiger charge is -2.09. The number of halogens is 3. The first-order valence-corrected chi connectivity index (χ1v) is 6.06. The van der Waals surface area contributed by atoms with Crippen molar-refractivity contribution in [3.05, 3.63) is 39.7 Å². The van der Waals surface area contributed by atoms with E-state index in [-0.39, 0.29) is 16.7 Å². The minimum absolute atomic E-state index is 0.128. The van der Waals surface area contributed by atoms with Gasteiger partial charge in [-0.15, -0.1) is 0 Å². The van der Waals surface area contributed by atoms with Crippen LogP contribution in [0.3, 0.4) is 0 Å². The van der Waals surface area contributed by atoms with Crippen molar-refractivity contribution in [1.29, 1.82) is 0 Å². The van der Waals surface area contributed by atoms with Crippen molar-refractivity contribution < 1.29 is 9.13 Å². The fraction of sp³-hybridized carbons (Fsp3) is 0.0909. The molecule has 0 unspecified atom stereocenters. The number of para-hydroxylation sites is 1. The van der Waals surface area contributed by atoms with E-state index in [1.165, 1.54) is 25.4 Å². The predicted molar refractivity (Wildman–Crippen MR) is 71.0 cm³/mol. The normalized spacial score (nSPS) is 10.2. The minimum atomic E-state index is -0.479. The quantitative estimate of drug-likeness (QED) is 0.929. The maximum atomic E-state index is 13.6. The third-order valence-electron chi connectivity index (χ3n) is 2.10. The summed E-state index contributed by atoms with van der Waals surface area (Å²) in [6.45, 7) is 0. The van der Waals surface area contributed by atoms with Crippen molar-refractivity contribution in [1.82, 2.24) is 9.97 Å². The van der Waals surface area contributed by atoms with Crippen LogP contribution in [0, 0.1) is 5.82 Å². The van der Waals surface area contributed by atoms with Gasteiger partial charge in [0.1, 0.15) is 5.82 Å². The molecule has 7 heteroatoms. The highest BCUT2D eigenvalue weighted by Crippen LogP contribution is 2.28. The third kappa shape index (κ3) is 2.70. The zero-order valence-electron chi connectivity index (χ0n) is 9.25. The van der Waals surface area contributed by atoms with Crippen LogP contribution in [0.4, 0.5) is 16.0 Å². The number of rotatable bonds is 3. The molecule has 0 atom stereocenters. The number of benzene rings is 1. The molecule has 0 radical (unpaired) electrons. The highest BCUT2D eigenvalue weighted by Gasteiger charge is 2.10. The first kappa shape index (κ1) is 13.0. The molecule has 0 amide bonds. The Hall–Kier alpha value is -1.40. The zero-order valence-corrected chi connectivity index (χ0v) is 11.6. The van der Waals surface area contributed by atoms with Crippen LogP contribution in [-0.2, 0) is 0 Å². The first-order valence-electron chi connectivity index (χ1n) is 4.89. The van der Waals surface area contributed by atoms with Gasteiger partial charge < -0.3 is 10.1 Å². The van der Waals surface area contributed by atoms with Gasteiger partial charge in [-0.25, -0.2) is 9.37 Å². The number of nitrogens with zero attached hydrogens (tertiary/aromatic N) is 2. The Morgan fingerprint density at radius 2 is 2.22 bits per heavy atom. The van der Waals surface area contributed by atoms with Crippen LogP contribution >= 0.6 is 27.5 Å². The Labute approximate surface area is 116 Å². The zero-order chi connectivity index (χ0) is 13.1. The number of methoxy groups -OCH3 is 1. The van der Waals surface area contributed by atoms with Gasteiger partial charge in [-0.1, -0.05) is 17.7 Å². The fourth-order valence-corrected chi connectivity index (χ4v) is 1.85. The van der Waals surface area contributed by atoms with Gasteiger partial charge in [0.2, 0.25) is 11.8 Å². The summed E-state index contributed by atoms with van der Waals surface area (Å²) in [7, 11) is 1.48. The Balaban J connectivity index is 2.34. The number of anilines is 2. The SMILES string of the molecule is COc1nc(Nc2c(F)cccc2Cl)ncc1Br. The minimum Gasteiger partial charge on any atom is -0.480 e. The molecule has 0 aliphatic carbocycles. The van der Waals surface area contributed by atoms with Crippen LogP contribution in [0.5, 0.6) is 5.88 Å². The molecule has 0 fully saturated rings. The Kier molecular flexibility index (Phi) is 3.98.